The number of alkyl halides is 3. The number of allylic oxidation sites excluding steroid dienone is 1. The topological polar surface area (TPSA) is 38.8 Å². The molecule has 1 aliphatic rings. The Morgan fingerprint density at radius 2 is 1.96 bits per heavy atom. The zero-order valence-corrected chi connectivity index (χ0v) is 17.5. The second-order valence-corrected chi connectivity index (χ2v) is 5.96. The minimum Gasteiger partial charge on any atom is -0.467 e. The Bertz CT molecular complexity index is 637. The van der Waals surface area contributed by atoms with Crippen LogP contribution in [0.2, 0.25) is 0 Å². The van der Waals surface area contributed by atoms with Crippen molar-refractivity contribution in [2.24, 2.45) is 0 Å². The summed E-state index contributed by atoms with van der Waals surface area (Å²) in [6, 6.07) is 1.77. The van der Waals surface area contributed by atoms with Crippen LogP contribution in [0.3, 0.4) is 0 Å². The predicted octanol–water partition coefficient (Wildman–Crippen LogP) is 3.35. The monoisotopic (exact) mass is 499 g/mol. The van der Waals surface area contributed by atoms with Crippen molar-refractivity contribution < 1.29 is 64.5 Å². The maximum absolute atomic E-state index is 14.3. The van der Waals surface area contributed by atoms with Crippen LogP contribution in [-0.4, -0.2) is 42.5 Å². The van der Waals surface area contributed by atoms with Crippen molar-refractivity contribution in [1.82, 2.24) is 4.90 Å². The van der Waals surface area contributed by atoms with E-state index in [1.807, 2.05) is 0 Å². The quantitative estimate of drug-likeness (QED) is 0.261. The maximum Gasteiger partial charge on any atom is 0.256 e. The van der Waals surface area contributed by atoms with E-state index in [1.165, 1.54) is 7.11 Å². The van der Waals surface area contributed by atoms with Crippen LogP contribution in [0.5, 0.6) is 5.75 Å². The summed E-state index contributed by atoms with van der Waals surface area (Å²) in [5.74, 6) is -2.94. The van der Waals surface area contributed by atoms with Crippen LogP contribution in [0.15, 0.2) is 12.1 Å². The average Bonchev–Trinajstić information content (AvgIpc) is 2.51. The van der Waals surface area contributed by atoms with Gasteiger partial charge in [0.25, 0.3) is 6.43 Å². The molecule has 0 bridgehead atoms. The molecule has 4 nitrogen and oxygen atoms in total. The van der Waals surface area contributed by atoms with Gasteiger partial charge in [0.2, 0.25) is 5.91 Å². The molecule has 1 radical (unpaired) electrons. The molecule has 0 saturated heterocycles. The van der Waals surface area contributed by atoms with Crippen molar-refractivity contribution in [1.29, 1.82) is 0 Å². The van der Waals surface area contributed by atoms with Gasteiger partial charge in [-0.25, -0.2) is 23.6 Å². The molecular formula is C15H13BrF4NO3Y-. The fourth-order valence-electron chi connectivity index (χ4n) is 2.18. The fraction of sp³-hybridized carbons (Fsp3) is 0.400. The first-order valence-corrected chi connectivity index (χ1v) is 7.72. The van der Waals surface area contributed by atoms with Crippen molar-refractivity contribution >= 4 is 27.5 Å². The number of rotatable bonds is 6. The molecule has 1 aliphatic heterocycles. The van der Waals surface area contributed by atoms with E-state index in [1.54, 1.807) is 0 Å². The van der Waals surface area contributed by atoms with Gasteiger partial charge < -0.3 is 14.4 Å². The third-order valence-electron chi connectivity index (χ3n) is 3.17. The van der Waals surface area contributed by atoms with E-state index in [0.717, 1.165) is 12.1 Å². The largest absolute Gasteiger partial charge is 0.467 e. The van der Waals surface area contributed by atoms with Crippen LogP contribution in [-0.2, 0) is 42.2 Å². The van der Waals surface area contributed by atoms with Crippen molar-refractivity contribution in [2.45, 2.75) is 17.7 Å². The summed E-state index contributed by atoms with van der Waals surface area (Å²) in [7, 11) is 1.34. The van der Waals surface area contributed by atoms with Gasteiger partial charge in [0.1, 0.15) is 5.75 Å². The van der Waals surface area contributed by atoms with Crippen LogP contribution in [0, 0.1) is 17.7 Å². The molecule has 0 aromatic heterocycles. The summed E-state index contributed by atoms with van der Waals surface area (Å²) in [4.78, 5) is 11.9. The first-order valence-electron chi connectivity index (χ1n) is 6.80. The zero-order valence-electron chi connectivity index (χ0n) is 13.1. The van der Waals surface area contributed by atoms with Crippen LogP contribution in [0.1, 0.15) is 12.0 Å². The molecular weight excluding hydrogens is 487 g/mol. The Morgan fingerprint density at radius 1 is 1.36 bits per heavy atom. The van der Waals surface area contributed by atoms with Crippen molar-refractivity contribution in [2.75, 3.05) is 20.4 Å². The number of carbonyl (C=O) groups excluding carboxylic acids is 1. The van der Waals surface area contributed by atoms with Crippen LogP contribution >= 0.6 is 15.9 Å². The summed E-state index contributed by atoms with van der Waals surface area (Å²) in [6.07, 6.45) is -0.242. The summed E-state index contributed by atoms with van der Waals surface area (Å²) < 4.78 is 63.7. The van der Waals surface area contributed by atoms with Crippen molar-refractivity contribution in [3.05, 3.63) is 35.4 Å². The van der Waals surface area contributed by atoms with Crippen LogP contribution in [0.4, 0.5) is 17.6 Å². The van der Waals surface area contributed by atoms with Gasteiger partial charge in [0, 0.05) is 39.8 Å². The first-order chi connectivity index (χ1) is 11.3. The molecule has 0 N–H and O–H groups in total. The molecule has 1 heterocycles. The molecule has 1 amide bonds. The van der Waals surface area contributed by atoms with Crippen LogP contribution in [0.25, 0.3) is 5.70 Å². The molecule has 10 heteroatoms. The Balaban J connectivity index is 0.00000312. The fourth-order valence-corrected chi connectivity index (χ4v) is 2.59. The molecule has 0 spiro atoms. The number of amides is 1. The molecule has 135 valence electrons. The number of methoxy groups -OCH3 is 1. The third kappa shape index (κ3) is 5.48. The van der Waals surface area contributed by atoms with Crippen molar-refractivity contribution in [3.63, 3.8) is 0 Å². The number of hydrogen-bond acceptors (Lipinski definition) is 3. The number of ether oxygens (including phenoxy) is 2. The molecule has 1 atom stereocenters. The van der Waals surface area contributed by atoms with Crippen LogP contribution < -0.4 is 4.74 Å². The molecule has 1 aromatic rings. The van der Waals surface area contributed by atoms with E-state index >= 15 is 0 Å². The van der Waals surface area contributed by atoms with Crippen molar-refractivity contribution in [3.8, 4) is 5.75 Å². The summed E-state index contributed by atoms with van der Waals surface area (Å²) in [6.45, 7) is -1.20. The standard InChI is InChI=1S/C15H13BrF4NO3.Y/c1-23-7-24-8-4-10(17)14(11(18)5-8)12-3-2-9(16)15(22)21(12)6-13(19)20;/h4-5,9,13H,2,6-7H2,1H3;/q-1;. The van der Waals surface area contributed by atoms with Gasteiger partial charge in [0.15, 0.2) is 6.79 Å². The van der Waals surface area contributed by atoms with Gasteiger partial charge in [-0.3, -0.25) is 4.79 Å². The number of hydrogen-bond donors (Lipinski definition) is 0. The van der Waals surface area contributed by atoms with Gasteiger partial charge >= 0.3 is 0 Å². The normalized spacial score (nSPS) is 17.4. The minimum absolute atomic E-state index is 0. The first kappa shape index (κ1) is 22.5. The molecule has 0 aliphatic carbocycles. The van der Waals surface area contributed by atoms with E-state index in [-0.39, 0.29) is 57.4 Å². The summed E-state index contributed by atoms with van der Waals surface area (Å²) in [5, 5.41) is 0. The summed E-state index contributed by atoms with van der Waals surface area (Å²) >= 11 is 3.03. The molecule has 1 unspecified atom stereocenters. The second-order valence-electron chi connectivity index (χ2n) is 4.85. The van der Waals surface area contributed by atoms with Gasteiger partial charge in [0.05, 0.1) is 23.0 Å². The number of benzene rings is 1. The molecule has 1 aromatic carbocycles. The van der Waals surface area contributed by atoms with E-state index in [0.29, 0.717) is 4.90 Å². The van der Waals surface area contributed by atoms with Gasteiger partial charge in [-0.05, 0) is 12.1 Å². The van der Waals surface area contributed by atoms with Gasteiger partial charge in [-0.2, -0.15) is 0 Å². The minimum atomic E-state index is -2.86. The second kappa shape index (κ2) is 9.99. The summed E-state index contributed by atoms with van der Waals surface area (Å²) in [5.41, 5.74) is -0.947. The Morgan fingerprint density at radius 3 is 2.48 bits per heavy atom. The third-order valence-corrected chi connectivity index (χ3v) is 3.88. The van der Waals surface area contributed by atoms with Gasteiger partial charge in [-0.15, -0.1) is 5.70 Å². The molecule has 2 rings (SSSR count). The number of nitrogens with zero attached hydrogens (tertiary/aromatic N) is 1. The molecule has 0 saturated carbocycles. The Labute approximate surface area is 175 Å². The zero-order chi connectivity index (χ0) is 17.9. The SMILES string of the molecule is COCOc1cc(F)c(C2=[C-]CC(Br)C(=O)N2CC(F)F)c(F)c1.[Y]. The predicted molar refractivity (Wildman–Crippen MR) is 80.6 cm³/mol. The number of carbonyl (C=O) groups is 1. The Hall–Kier alpha value is -0.506. The molecule has 0 fully saturated rings. The smallest absolute Gasteiger partial charge is 0.256 e. The average molecular weight is 500 g/mol. The Kier molecular flexibility index (Phi) is 9.01. The maximum atomic E-state index is 14.3. The van der Waals surface area contributed by atoms with E-state index in [4.69, 9.17) is 4.74 Å². The van der Waals surface area contributed by atoms with Gasteiger partial charge in [-0.1, -0.05) is 27.9 Å². The van der Waals surface area contributed by atoms with E-state index in [9.17, 15) is 22.4 Å². The molecule has 25 heavy (non-hydrogen) atoms. The number of halogens is 5. The van der Waals surface area contributed by atoms with E-state index in [2.05, 4.69) is 26.7 Å². The van der Waals surface area contributed by atoms with E-state index < -0.39 is 40.9 Å².